The number of hydrogen-bond acceptors (Lipinski definition) is 2. The molecule has 8 aromatic carbocycles. The second kappa shape index (κ2) is 13.8. The lowest BCUT2D eigenvalue weighted by molar-refractivity contribution is 1.39. The first-order valence-corrected chi connectivity index (χ1v) is 17.7. The molecule has 52 heavy (non-hydrogen) atoms. The van der Waals surface area contributed by atoms with Crippen LogP contribution in [0.15, 0.2) is 216 Å². The summed E-state index contributed by atoms with van der Waals surface area (Å²) in [5.41, 5.74) is 17.1. The van der Waals surface area contributed by atoms with Crippen LogP contribution in [0.3, 0.4) is 0 Å². The van der Waals surface area contributed by atoms with Crippen LogP contribution >= 0.6 is 0 Å². The zero-order valence-corrected chi connectivity index (χ0v) is 28.5. The van der Waals surface area contributed by atoms with Crippen LogP contribution in [0.5, 0.6) is 0 Å². The zero-order chi connectivity index (χ0) is 34.7. The van der Waals surface area contributed by atoms with E-state index in [2.05, 4.69) is 206 Å². The molecule has 0 atom stereocenters. The summed E-state index contributed by atoms with van der Waals surface area (Å²) >= 11 is 0. The molecule has 0 unspecified atom stereocenters. The Balaban J connectivity index is 1.10. The topological polar surface area (TPSA) is 24.7 Å². The predicted molar refractivity (Wildman–Crippen MR) is 218 cm³/mol. The van der Waals surface area contributed by atoms with Gasteiger partial charge in [0.2, 0.25) is 0 Å². The highest BCUT2D eigenvalue weighted by Gasteiger charge is 2.20. The number of fused-ring (bicyclic) bond motifs is 2. The van der Waals surface area contributed by atoms with E-state index in [1.54, 1.807) is 0 Å². The minimum Gasteiger partial charge on any atom is -0.247 e. The lowest BCUT2D eigenvalue weighted by Crippen LogP contribution is -2.10. The smallest absolute Gasteiger partial charge is 0.0803 e. The van der Waals surface area contributed by atoms with E-state index in [1.807, 2.05) is 0 Å². The van der Waals surface area contributed by atoms with Crippen LogP contribution in [-0.4, -0.2) is 11.4 Å². The van der Waals surface area contributed by atoms with Gasteiger partial charge < -0.3 is 0 Å². The molecule has 0 N–H and O–H groups in total. The summed E-state index contributed by atoms with van der Waals surface area (Å²) in [6.07, 6.45) is 0. The first kappa shape index (κ1) is 31.1. The van der Waals surface area contributed by atoms with E-state index >= 15 is 0 Å². The Morgan fingerprint density at radius 3 is 0.904 bits per heavy atom. The second-order valence-corrected chi connectivity index (χ2v) is 13.0. The van der Waals surface area contributed by atoms with Gasteiger partial charge in [0.25, 0.3) is 0 Å². The van der Waals surface area contributed by atoms with Gasteiger partial charge in [0.15, 0.2) is 0 Å². The van der Waals surface area contributed by atoms with Crippen molar-refractivity contribution in [1.82, 2.24) is 0 Å². The van der Waals surface area contributed by atoms with Gasteiger partial charge in [-0.1, -0.05) is 182 Å². The third kappa shape index (κ3) is 6.19. The molecule has 1 aliphatic heterocycles. The summed E-state index contributed by atoms with van der Waals surface area (Å²) in [5, 5.41) is 0. The van der Waals surface area contributed by atoms with Crippen LogP contribution in [0.2, 0.25) is 0 Å². The Morgan fingerprint density at radius 2 is 0.500 bits per heavy atom. The lowest BCUT2D eigenvalue weighted by Gasteiger charge is -2.19. The van der Waals surface area contributed by atoms with Crippen molar-refractivity contribution in [1.29, 1.82) is 0 Å². The van der Waals surface area contributed by atoms with Crippen LogP contribution in [0, 0.1) is 0 Å². The summed E-state index contributed by atoms with van der Waals surface area (Å²) in [5.74, 6) is 0. The van der Waals surface area contributed by atoms with Gasteiger partial charge in [0.05, 0.1) is 22.8 Å². The normalized spacial score (nSPS) is 12.1. The van der Waals surface area contributed by atoms with Crippen molar-refractivity contribution in [2.75, 3.05) is 0 Å². The number of para-hydroxylation sites is 2. The van der Waals surface area contributed by atoms with Gasteiger partial charge in [0.1, 0.15) is 0 Å². The molecule has 0 saturated carbocycles. The standard InChI is InChI=1S/C50H34N2/c1-3-13-35(14-4-1)37-25-29-39(30-26-37)41-17-11-19-43(33-41)49-45-21-7-9-23-47(45)52-50(46-22-8-10-24-48(46)51-49)44-20-12-18-42(34-44)40-31-27-38(28-32-40)36-15-5-2-6-16-36/h1-34H. The van der Waals surface area contributed by atoms with Gasteiger partial charge in [-0.15, -0.1) is 0 Å². The zero-order valence-electron chi connectivity index (χ0n) is 28.5. The predicted octanol–water partition coefficient (Wildman–Crippen LogP) is 13.0. The quantitative estimate of drug-likeness (QED) is 0.169. The van der Waals surface area contributed by atoms with Crippen LogP contribution in [0.4, 0.5) is 11.4 Å². The van der Waals surface area contributed by atoms with Crippen LogP contribution in [0.25, 0.3) is 44.5 Å². The molecule has 8 aromatic rings. The van der Waals surface area contributed by atoms with Gasteiger partial charge in [-0.2, -0.15) is 0 Å². The number of rotatable bonds is 6. The van der Waals surface area contributed by atoms with E-state index in [-0.39, 0.29) is 0 Å². The third-order valence-electron chi connectivity index (χ3n) is 9.71. The first-order valence-electron chi connectivity index (χ1n) is 17.7. The molecule has 2 heteroatoms. The fourth-order valence-electron chi connectivity index (χ4n) is 7.01. The number of aliphatic imine (C=N–C) groups is 2. The molecule has 1 aliphatic rings. The van der Waals surface area contributed by atoms with Gasteiger partial charge >= 0.3 is 0 Å². The molecule has 0 radical (unpaired) electrons. The molecule has 0 aliphatic carbocycles. The average Bonchev–Trinajstić information content (AvgIpc) is 3.22. The number of benzene rings is 8. The maximum atomic E-state index is 5.43. The molecular formula is C50H34N2. The SMILES string of the molecule is c1ccc(-c2ccc(-c3cccc(C4=Nc5ccccc5C(c5cccc(-c6ccc(-c7ccccc7)cc6)c5)=Nc5ccccc54)c3)cc2)cc1. The van der Waals surface area contributed by atoms with E-state index in [9.17, 15) is 0 Å². The minimum atomic E-state index is 0.890. The van der Waals surface area contributed by atoms with Crippen LogP contribution in [0.1, 0.15) is 22.3 Å². The van der Waals surface area contributed by atoms with E-state index in [0.717, 1.165) is 67.3 Å². The van der Waals surface area contributed by atoms with Gasteiger partial charge in [0, 0.05) is 22.3 Å². The Morgan fingerprint density at radius 1 is 0.212 bits per heavy atom. The molecule has 0 fully saturated rings. The number of nitrogens with zero attached hydrogens (tertiary/aromatic N) is 2. The average molecular weight is 663 g/mol. The van der Waals surface area contributed by atoms with Crippen molar-refractivity contribution >= 4 is 22.8 Å². The molecule has 2 nitrogen and oxygen atoms in total. The van der Waals surface area contributed by atoms with Crippen molar-refractivity contribution < 1.29 is 0 Å². The van der Waals surface area contributed by atoms with Gasteiger partial charge in [-0.3, -0.25) is 0 Å². The van der Waals surface area contributed by atoms with E-state index in [1.165, 1.54) is 22.3 Å². The van der Waals surface area contributed by atoms with Crippen molar-refractivity contribution in [3.8, 4) is 44.5 Å². The number of hydrogen-bond donors (Lipinski definition) is 0. The molecule has 0 aromatic heterocycles. The van der Waals surface area contributed by atoms with Crippen molar-refractivity contribution in [2.45, 2.75) is 0 Å². The molecule has 0 saturated heterocycles. The maximum absolute atomic E-state index is 5.43. The Hall–Kier alpha value is -6.90. The summed E-state index contributed by atoms with van der Waals surface area (Å²) in [6.45, 7) is 0. The fourth-order valence-corrected chi connectivity index (χ4v) is 7.01. The molecule has 244 valence electrons. The monoisotopic (exact) mass is 662 g/mol. The van der Waals surface area contributed by atoms with Crippen LogP contribution < -0.4 is 0 Å². The van der Waals surface area contributed by atoms with Crippen molar-refractivity contribution in [3.05, 3.63) is 229 Å². The fraction of sp³-hybridized carbons (Fsp3) is 0. The van der Waals surface area contributed by atoms with Crippen molar-refractivity contribution in [3.63, 3.8) is 0 Å². The molecular weight excluding hydrogens is 629 g/mol. The second-order valence-electron chi connectivity index (χ2n) is 13.0. The Bertz CT molecular complexity index is 2400. The van der Waals surface area contributed by atoms with Gasteiger partial charge in [-0.05, 0) is 68.8 Å². The molecule has 1 heterocycles. The van der Waals surface area contributed by atoms with Crippen molar-refractivity contribution in [2.24, 2.45) is 9.98 Å². The molecule has 0 bridgehead atoms. The summed E-state index contributed by atoms with van der Waals surface area (Å²) < 4.78 is 0. The van der Waals surface area contributed by atoms with E-state index in [4.69, 9.17) is 9.98 Å². The highest BCUT2D eigenvalue weighted by atomic mass is 14.8. The summed E-state index contributed by atoms with van der Waals surface area (Å²) in [6, 6.07) is 72.7. The Kier molecular flexibility index (Phi) is 8.24. The van der Waals surface area contributed by atoms with E-state index in [0.29, 0.717) is 0 Å². The molecule has 0 amide bonds. The van der Waals surface area contributed by atoms with Crippen LogP contribution in [-0.2, 0) is 0 Å². The van der Waals surface area contributed by atoms with E-state index < -0.39 is 0 Å². The Labute approximate surface area is 304 Å². The third-order valence-corrected chi connectivity index (χ3v) is 9.71. The largest absolute Gasteiger partial charge is 0.247 e. The summed E-state index contributed by atoms with van der Waals surface area (Å²) in [4.78, 5) is 10.9. The highest BCUT2D eigenvalue weighted by molar-refractivity contribution is 6.23. The van der Waals surface area contributed by atoms with Gasteiger partial charge in [-0.25, -0.2) is 9.98 Å². The highest BCUT2D eigenvalue weighted by Crippen LogP contribution is 2.35. The lowest BCUT2D eigenvalue weighted by atomic mass is 9.93. The maximum Gasteiger partial charge on any atom is 0.0803 e. The molecule has 0 spiro atoms. The first-order chi connectivity index (χ1) is 25.8. The minimum absolute atomic E-state index is 0.890. The molecule has 9 rings (SSSR count). The summed E-state index contributed by atoms with van der Waals surface area (Å²) in [7, 11) is 0.